The molecule has 130 valence electrons. The van der Waals surface area contributed by atoms with Crippen molar-refractivity contribution in [1.29, 1.82) is 0 Å². The van der Waals surface area contributed by atoms with E-state index in [1.54, 1.807) is 28.1 Å². The molecule has 3 amide bonds. The van der Waals surface area contributed by atoms with Crippen molar-refractivity contribution in [2.45, 2.75) is 0 Å². The molecule has 0 unspecified atom stereocenters. The van der Waals surface area contributed by atoms with Crippen LogP contribution in [-0.4, -0.2) is 75.4 Å². The molecule has 25 heavy (non-hydrogen) atoms. The van der Waals surface area contributed by atoms with Gasteiger partial charge in [-0.15, -0.1) is 0 Å². The number of carbonyl (C=O) groups is 3. The Hall–Kier alpha value is -3.23. The Kier molecular flexibility index (Phi) is 5.03. The summed E-state index contributed by atoms with van der Waals surface area (Å²) in [6.45, 7) is 1.71. The van der Waals surface area contributed by atoms with E-state index in [4.69, 9.17) is 0 Å². The van der Waals surface area contributed by atoms with Gasteiger partial charge in [-0.2, -0.15) is 5.10 Å². The minimum atomic E-state index is -0.315. The number of carbonyl (C=O) groups excluding carboxylic acids is 3. The predicted molar refractivity (Wildman–Crippen MR) is 87.6 cm³/mol. The van der Waals surface area contributed by atoms with Gasteiger partial charge < -0.3 is 15.1 Å². The van der Waals surface area contributed by atoms with Gasteiger partial charge in [0.1, 0.15) is 0 Å². The fourth-order valence-electron chi connectivity index (χ4n) is 2.58. The van der Waals surface area contributed by atoms with Gasteiger partial charge in [0, 0.05) is 50.3 Å². The molecule has 9 nitrogen and oxygen atoms in total. The lowest BCUT2D eigenvalue weighted by molar-refractivity contribution is -0.131. The highest BCUT2D eigenvalue weighted by Gasteiger charge is 2.25. The van der Waals surface area contributed by atoms with Crippen LogP contribution in [0.15, 0.2) is 36.9 Å². The van der Waals surface area contributed by atoms with Crippen molar-refractivity contribution >= 4 is 17.7 Å². The lowest BCUT2D eigenvalue weighted by atomic mass is 10.2. The first kappa shape index (κ1) is 16.6. The molecule has 3 rings (SSSR count). The molecule has 0 atom stereocenters. The Morgan fingerprint density at radius 2 is 1.72 bits per heavy atom. The smallest absolute Gasteiger partial charge is 0.257 e. The summed E-state index contributed by atoms with van der Waals surface area (Å²) in [5.41, 5.74) is 0.961. The summed E-state index contributed by atoms with van der Waals surface area (Å²) in [6, 6.07) is 3.17. The lowest BCUT2D eigenvalue weighted by Crippen LogP contribution is -2.52. The SMILES string of the molecule is O=C(NCC(=O)N1CCN(C(=O)c2cn[nH]c2)CC1)c1ccncc1. The van der Waals surface area contributed by atoms with Crippen molar-refractivity contribution in [3.63, 3.8) is 0 Å². The molecule has 0 saturated carbocycles. The minimum absolute atomic E-state index is 0.0726. The highest BCUT2D eigenvalue weighted by molar-refractivity contribution is 5.96. The molecule has 1 saturated heterocycles. The van der Waals surface area contributed by atoms with E-state index in [-0.39, 0.29) is 24.3 Å². The van der Waals surface area contributed by atoms with Gasteiger partial charge in [-0.25, -0.2) is 0 Å². The normalized spacial score (nSPS) is 14.2. The van der Waals surface area contributed by atoms with Gasteiger partial charge in [-0.05, 0) is 12.1 Å². The number of nitrogens with zero attached hydrogens (tertiary/aromatic N) is 4. The number of nitrogens with one attached hydrogen (secondary N) is 2. The van der Waals surface area contributed by atoms with Crippen LogP contribution in [0.3, 0.4) is 0 Å². The van der Waals surface area contributed by atoms with Crippen LogP contribution in [-0.2, 0) is 4.79 Å². The number of piperazine rings is 1. The monoisotopic (exact) mass is 342 g/mol. The van der Waals surface area contributed by atoms with Crippen LogP contribution < -0.4 is 5.32 Å². The molecule has 0 bridgehead atoms. The molecule has 1 aliphatic heterocycles. The topological polar surface area (TPSA) is 111 Å². The highest BCUT2D eigenvalue weighted by atomic mass is 16.2. The minimum Gasteiger partial charge on any atom is -0.343 e. The molecule has 0 spiro atoms. The zero-order chi connectivity index (χ0) is 17.6. The number of hydrogen-bond donors (Lipinski definition) is 2. The second-order valence-corrected chi connectivity index (χ2v) is 5.58. The number of amides is 3. The lowest BCUT2D eigenvalue weighted by Gasteiger charge is -2.34. The van der Waals surface area contributed by atoms with Crippen molar-refractivity contribution in [3.8, 4) is 0 Å². The largest absolute Gasteiger partial charge is 0.343 e. The van der Waals surface area contributed by atoms with Gasteiger partial charge in [0.05, 0.1) is 18.3 Å². The summed E-state index contributed by atoms with van der Waals surface area (Å²) in [5, 5.41) is 8.98. The molecule has 2 N–H and O–H groups in total. The third kappa shape index (κ3) is 4.00. The summed E-state index contributed by atoms with van der Waals surface area (Å²) < 4.78 is 0. The van der Waals surface area contributed by atoms with Crippen LogP contribution in [0.2, 0.25) is 0 Å². The first-order valence-electron chi connectivity index (χ1n) is 7.89. The molecular formula is C16H18N6O3. The number of pyridine rings is 1. The Bertz CT molecular complexity index is 738. The van der Waals surface area contributed by atoms with Gasteiger partial charge >= 0.3 is 0 Å². The van der Waals surface area contributed by atoms with Gasteiger partial charge in [0.25, 0.3) is 11.8 Å². The zero-order valence-electron chi connectivity index (χ0n) is 13.5. The molecule has 0 radical (unpaired) electrons. The molecule has 9 heteroatoms. The molecule has 1 fully saturated rings. The van der Waals surface area contributed by atoms with Crippen molar-refractivity contribution in [3.05, 3.63) is 48.0 Å². The third-order valence-electron chi connectivity index (χ3n) is 4.01. The van der Waals surface area contributed by atoms with E-state index < -0.39 is 0 Å². The van der Waals surface area contributed by atoms with Crippen LogP contribution in [0, 0.1) is 0 Å². The second kappa shape index (κ2) is 7.56. The fraction of sp³-hybridized carbons (Fsp3) is 0.312. The van der Waals surface area contributed by atoms with Gasteiger partial charge in [-0.3, -0.25) is 24.5 Å². The molecule has 0 aliphatic carbocycles. The third-order valence-corrected chi connectivity index (χ3v) is 4.01. The van der Waals surface area contributed by atoms with E-state index in [0.29, 0.717) is 37.3 Å². The van der Waals surface area contributed by atoms with E-state index >= 15 is 0 Å². The maximum absolute atomic E-state index is 12.2. The molecule has 1 aliphatic rings. The van der Waals surface area contributed by atoms with Crippen LogP contribution >= 0.6 is 0 Å². The van der Waals surface area contributed by atoms with E-state index in [9.17, 15) is 14.4 Å². The summed E-state index contributed by atoms with van der Waals surface area (Å²) in [5.74, 6) is -0.589. The number of H-pyrrole nitrogens is 1. The Morgan fingerprint density at radius 1 is 1.04 bits per heavy atom. The maximum atomic E-state index is 12.2. The number of rotatable bonds is 4. The van der Waals surface area contributed by atoms with Crippen molar-refractivity contribution in [1.82, 2.24) is 30.3 Å². The fourth-order valence-corrected chi connectivity index (χ4v) is 2.58. The summed E-state index contributed by atoms with van der Waals surface area (Å²) in [4.78, 5) is 43.5. The van der Waals surface area contributed by atoms with E-state index in [1.165, 1.54) is 18.6 Å². The molecule has 0 aromatic carbocycles. The first-order chi connectivity index (χ1) is 12.1. The second-order valence-electron chi connectivity index (χ2n) is 5.58. The van der Waals surface area contributed by atoms with Crippen LogP contribution in [0.5, 0.6) is 0 Å². The Balaban J connectivity index is 1.45. The average molecular weight is 342 g/mol. The van der Waals surface area contributed by atoms with Gasteiger partial charge in [0.15, 0.2) is 0 Å². The summed E-state index contributed by atoms with van der Waals surface area (Å²) in [7, 11) is 0. The Morgan fingerprint density at radius 3 is 2.36 bits per heavy atom. The quantitative estimate of drug-likeness (QED) is 0.779. The van der Waals surface area contributed by atoms with Gasteiger partial charge in [-0.1, -0.05) is 0 Å². The van der Waals surface area contributed by atoms with Crippen LogP contribution in [0.4, 0.5) is 0 Å². The summed E-state index contributed by atoms with van der Waals surface area (Å²) in [6.07, 6.45) is 6.07. The average Bonchev–Trinajstić information content (AvgIpc) is 3.21. The van der Waals surface area contributed by atoms with Crippen LogP contribution in [0.1, 0.15) is 20.7 Å². The van der Waals surface area contributed by atoms with E-state index in [0.717, 1.165) is 0 Å². The predicted octanol–water partition coefficient (Wildman–Crippen LogP) is -0.481. The number of aromatic nitrogens is 3. The zero-order valence-corrected chi connectivity index (χ0v) is 13.5. The van der Waals surface area contributed by atoms with E-state index in [2.05, 4.69) is 20.5 Å². The van der Waals surface area contributed by atoms with Crippen molar-refractivity contribution in [2.75, 3.05) is 32.7 Å². The molecule has 2 aromatic rings. The maximum Gasteiger partial charge on any atom is 0.257 e. The Labute approximate surface area is 144 Å². The molecular weight excluding hydrogens is 324 g/mol. The van der Waals surface area contributed by atoms with Gasteiger partial charge in [0.2, 0.25) is 5.91 Å². The summed E-state index contributed by atoms with van der Waals surface area (Å²) >= 11 is 0. The molecule has 2 aromatic heterocycles. The van der Waals surface area contributed by atoms with Crippen molar-refractivity contribution in [2.24, 2.45) is 0 Å². The number of hydrogen-bond acceptors (Lipinski definition) is 5. The molecule has 3 heterocycles. The number of aromatic amines is 1. The first-order valence-corrected chi connectivity index (χ1v) is 7.89. The van der Waals surface area contributed by atoms with Crippen LogP contribution in [0.25, 0.3) is 0 Å². The standard InChI is InChI=1S/C16H18N6O3/c23-14(11-18-15(24)12-1-3-17-4-2-12)21-5-7-22(8-6-21)16(25)13-9-19-20-10-13/h1-4,9-10H,5-8,11H2,(H,18,24)(H,19,20). The van der Waals surface area contributed by atoms with Crippen molar-refractivity contribution < 1.29 is 14.4 Å². The van der Waals surface area contributed by atoms with E-state index in [1.807, 2.05) is 0 Å². The highest BCUT2D eigenvalue weighted by Crippen LogP contribution is 2.07.